The van der Waals surface area contributed by atoms with E-state index in [-0.39, 0.29) is 18.1 Å². The van der Waals surface area contributed by atoms with Gasteiger partial charge in [0.25, 0.3) is 0 Å². The Balaban J connectivity index is 1.79. The van der Waals surface area contributed by atoms with Gasteiger partial charge < -0.3 is 14.6 Å². The van der Waals surface area contributed by atoms with E-state index >= 15 is 0 Å². The predicted molar refractivity (Wildman–Crippen MR) is 109 cm³/mol. The maximum atomic E-state index is 13.3. The molecule has 0 fully saturated rings. The summed E-state index contributed by atoms with van der Waals surface area (Å²) in [5.74, 6) is 0.568. The third kappa shape index (κ3) is 3.63. The van der Waals surface area contributed by atoms with Gasteiger partial charge in [0.1, 0.15) is 5.75 Å². The van der Waals surface area contributed by atoms with Gasteiger partial charge in [-0.3, -0.25) is 0 Å². The third-order valence-electron chi connectivity index (χ3n) is 6.51. The summed E-state index contributed by atoms with van der Waals surface area (Å²) in [4.78, 5) is 0. The Labute approximate surface area is 184 Å². The summed E-state index contributed by atoms with van der Waals surface area (Å²) in [6.07, 6.45) is -12.7. The van der Waals surface area contributed by atoms with Crippen molar-refractivity contribution in [3.63, 3.8) is 0 Å². The summed E-state index contributed by atoms with van der Waals surface area (Å²) in [5.41, 5.74) is 0.180. The van der Waals surface area contributed by atoms with Crippen molar-refractivity contribution in [3.8, 4) is 28.4 Å². The van der Waals surface area contributed by atoms with Crippen molar-refractivity contribution in [3.05, 3.63) is 53.6 Å². The molecule has 0 spiro atoms. The molecular formula is C24H18F6O3. The summed E-state index contributed by atoms with van der Waals surface area (Å²) in [6, 6.07) is 11.1. The molecule has 0 unspecified atom stereocenters. The zero-order valence-electron chi connectivity index (χ0n) is 17.1. The van der Waals surface area contributed by atoms with Crippen LogP contribution in [0.2, 0.25) is 0 Å². The van der Waals surface area contributed by atoms with E-state index < -0.39 is 43.5 Å². The molecule has 9 heteroatoms. The molecule has 0 saturated carbocycles. The fourth-order valence-electron chi connectivity index (χ4n) is 5.10. The van der Waals surface area contributed by atoms with Crippen molar-refractivity contribution in [1.82, 2.24) is 0 Å². The first kappa shape index (κ1) is 21.7. The van der Waals surface area contributed by atoms with Crippen molar-refractivity contribution in [2.75, 3.05) is 6.79 Å². The third-order valence-corrected chi connectivity index (χ3v) is 6.51. The maximum absolute atomic E-state index is 13.3. The molecule has 0 amide bonds. The molecule has 33 heavy (non-hydrogen) atoms. The number of phenolic OH excluding ortho intramolecular Hbond substituents is 1. The highest BCUT2D eigenvalue weighted by Gasteiger charge is 2.48. The van der Waals surface area contributed by atoms with Crippen LogP contribution in [0.4, 0.5) is 26.3 Å². The van der Waals surface area contributed by atoms with Crippen LogP contribution in [0.15, 0.2) is 42.5 Å². The van der Waals surface area contributed by atoms with Gasteiger partial charge in [0.05, 0.1) is 0 Å². The van der Waals surface area contributed by atoms with Crippen molar-refractivity contribution < 1.29 is 40.9 Å². The molecule has 0 saturated heterocycles. The number of ether oxygens (including phenoxy) is 2. The first-order valence-corrected chi connectivity index (χ1v) is 10.3. The van der Waals surface area contributed by atoms with E-state index in [0.29, 0.717) is 39.0 Å². The number of phenols is 1. The number of benzene rings is 3. The summed E-state index contributed by atoms with van der Waals surface area (Å²) in [7, 11) is 0. The van der Waals surface area contributed by atoms with Gasteiger partial charge in [-0.05, 0) is 58.7 Å². The van der Waals surface area contributed by atoms with E-state index in [9.17, 15) is 31.4 Å². The van der Waals surface area contributed by atoms with Crippen molar-refractivity contribution in [1.29, 1.82) is 0 Å². The number of halogens is 6. The van der Waals surface area contributed by atoms with Gasteiger partial charge in [-0.2, -0.15) is 26.3 Å². The molecule has 5 rings (SSSR count). The Morgan fingerprint density at radius 2 is 1.36 bits per heavy atom. The summed E-state index contributed by atoms with van der Waals surface area (Å²) >= 11 is 0. The monoisotopic (exact) mass is 468 g/mol. The minimum Gasteiger partial charge on any atom is -0.507 e. The van der Waals surface area contributed by atoms with Gasteiger partial charge in [-0.15, -0.1) is 0 Å². The van der Waals surface area contributed by atoms with E-state index in [1.54, 1.807) is 36.4 Å². The lowest BCUT2D eigenvalue weighted by Gasteiger charge is -2.33. The lowest BCUT2D eigenvalue weighted by molar-refractivity contribution is -0.143. The molecule has 0 bridgehead atoms. The summed E-state index contributed by atoms with van der Waals surface area (Å²) < 4.78 is 90.5. The van der Waals surface area contributed by atoms with Crippen LogP contribution in [-0.2, 0) is 5.41 Å². The molecule has 1 heterocycles. The van der Waals surface area contributed by atoms with Crippen LogP contribution in [0.5, 0.6) is 17.2 Å². The Morgan fingerprint density at radius 1 is 0.788 bits per heavy atom. The number of rotatable bonds is 4. The van der Waals surface area contributed by atoms with Gasteiger partial charge in [0.15, 0.2) is 11.5 Å². The van der Waals surface area contributed by atoms with E-state index in [2.05, 4.69) is 0 Å². The highest BCUT2D eigenvalue weighted by molar-refractivity contribution is 6.06. The van der Waals surface area contributed by atoms with E-state index in [4.69, 9.17) is 9.47 Å². The number of fused-ring (bicyclic) bond motifs is 6. The number of hydrogen-bond acceptors (Lipinski definition) is 3. The Kier molecular flexibility index (Phi) is 4.74. The molecule has 1 aliphatic heterocycles. The highest BCUT2D eigenvalue weighted by Crippen LogP contribution is 2.59. The molecule has 0 radical (unpaired) electrons. The average molecular weight is 468 g/mol. The van der Waals surface area contributed by atoms with Crippen LogP contribution in [0, 0.1) is 0 Å². The van der Waals surface area contributed by atoms with Crippen LogP contribution in [-0.4, -0.2) is 24.3 Å². The molecule has 1 aliphatic carbocycles. The van der Waals surface area contributed by atoms with Gasteiger partial charge in [-0.1, -0.05) is 24.3 Å². The first-order valence-electron chi connectivity index (χ1n) is 10.3. The standard InChI is InChI=1S/C24H18F6O3/c25-23(26,27)7-5-22(6-8-24(28,29)30)16-4-2-1-3-13(16)21-15-10-20-19(32-12-33-20)9-14(15)18(31)11-17(21)22/h1-4,9-11,31H,5-8,12H2. The van der Waals surface area contributed by atoms with Crippen molar-refractivity contribution in [2.24, 2.45) is 0 Å². The van der Waals surface area contributed by atoms with Crippen LogP contribution < -0.4 is 9.47 Å². The van der Waals surface area contributed by atoms with E-state index in [1.807, 2.05) is 0 Å². The van der Waals surface area contributed by atoms with Gasteiger partial charge in [-0.25, -0.2) is 0 Å². The Morgan fingerprint density at radius 3 is 1.97 bits per heavy atom. The van der Waals surface area contributed by atoms with Crippen molar-refractivity contribution in [2.45, 2.75) is 43.5 Å². The average Bonchev–Trinajstić information content (AvgIpc) is 3.29. The second-order valence-electron chi connectivity index (χ2n) is 8.43. The number of aromatic hydroxyl groups is 1. The van der Waals surface area contributed by atoms with E-state index in [0.717, 1.165) is 0 Å². The Bertz CT molecular complexity index is 1230. The smallest absolute Gasteiger partial charge is 0.389 e. The van der Waals surface area contributed by atoms with Gasteiger partial charge >= 0.3 is 12.4 Å². The molecule has 1 N–H and O–H groups in total. The van der Waals surface area contributed by atoms with Gasteiger partial charge in [0.2, 0.25) is 6.79 Å². The van der Waals surface area contributed by atoms with Crippen LogP contribution in [0.1, 0.15) is 36.8 Å². The zero-order chi connectivity index (χ0) is 23.6. The normalized spacial score (nSPS) is 16.2. The number of hydrogen-bond donors (Lipinski definition) is 1. The maximum Gasteiger partial charge on any atom is 0.389 e. The predicted octanol–water partition coefficient (Wildman–Crippen LogP) is 7.23. The largest absolute Gasteiger partial charge is 0.507 e. The molecule has 0 aromatic heterocycles. The molecule has 3 aromatic carbocycles. The lowest BCUT2D eigenvalue weighted by atomic mass is 9.71. The number of alkyl halides is 6. The van der Waals surface area contributed by atoms with Gasteiger partial charge in [0, 0.05) is 23.6 Å². The molecule has 0 atom stereocenters. The molecule has 3 nitrogen and oxygen atoms in total. The highest BCUT2D eigenvalue weighted by atomic mass is 19.4. The topological polar surface area (TPSA) is 38.7 Å². The van der Waals surface area contributed by atoms with Crippen LogP contribution >= 0.6 is 0 Å². The first-order chi connectivity index (χ1) is 15.5. The second-order valence-corrected chi connectivity index (χ2v) is 8.43. The molecule has 2 aliphatic rings. The molecular weight excluding hydrogens is 450 g/mol. The van der Waals surface area contributed by atoms with Crippen molar-refractivity contribution >= 4 is 10.8 Å². The second kappa shape index (κ2) is 7.20. The summed E-state index contributed by atoms with van der Waals surface area (Å²) in [5, 5.41) is 11.7. The fraction of sp³-hybridized carbons (Fsp3) is 0.333. The molecule has 174 valence electrons. The minimum atomic E-state index is -4.55. The fourth-order valence-corrected chi connectivity index (χ4v) is 5.10. The summed E-state index contributed by atoms with van der Waals surface area (Å²) in [6.45, 7) is -0.0215. The lowest BCUT2D eigenvalue weighted by Crippen LogP contribution is -2.29. The van der Waals surface area contributed by atoms with E-state index in [1.165, 1.54) is 6.07 Å². The quantitative estimate of drug-likeness (QED) is 0.411. The molecule has 3 aromatic rings. The SMILES string of the molecule is Oc1cc2c(c3cc4c(cc13)OCO4)-c1ccccc1C2(CCC(F)(F)F)CCC(F)(F)F. The Hall–Kier alpha value is -3.10. The van der Waals surface area contributed by atoms with Crippen LogP contribution in [0.25, 0.3) is 21.9 Å². The van der Waals surface area contributed by atoms with Crippen LogP contribution in [0.3, 0.4) is 0 Å². The zero-order valence-corrected chi connectivity index (χ0v) is 17.1. The minimum absolute atomic E-state index is 0.0215.